The van der Waals surface area contributed by atoms with E-state index in [1.54, 1.807) is 13.3 Å². The van der Waals surface area contributed by atoms with Crippen LogP contribution in [0.2, 0.25) is 0 Å². The predicted molar refractivity (Wildman–Crippen MR) is 51.8 cm³/mol. The van der Waals surface area contributed by atoms with Crippen LogP contribution in [0.1, 0.15) is 12.5 Å². The number of nitrogens with one attached hydrogen (secondary N) is 1. The number of aromatic nitrogens is 2. The van der Waals surface area contributed by atoms with Crippen LogP contribution in [0.5, 0.6) is 5.88 Å². The van der Waals surface area contributed by atoms with Gasteiger partial charge in [-0.2, -0.15) is 4.98 Å². The van der Waals surface area contributed by atoms with Crippen molar-refractivity contribution < 1.29 is 4.74 Å². The number of anilines is 1. The summed E-state index contributed by atoms with van der Waals surface area (Å²) < 4.78 is 5.05. The van der Waals surface area contributed by atoms with E-state index in [0.717, 1.165) is 11.3 Å². The minimum absolute atomic E-state index is 0.509. The fourth-order valence-corrected chi connectivity index (χ4v) is 0.884. The molecule has 1 N–H and O–H groups in total. The van der Waals surface area contributed by atoms with Gasteiger partial charge in [-0.15, -0.1) is 0 Å². The summed E-state index contributed by atoms with van der Waals surface area (Å²) in [5.41, 5.74) is 1.71. The van der Waals surface area contributed by atoms with Gasteiger partial charge in [-0.3, -0.25) is 0 Å². The molecular weight excluding hydrogens is 166 g/mol. The zero-order valence-electron chi connectivity index (χ0n) is 8.09. The minimum Gasteiger partial charge on any atom is -0.481 e. The first kappa shape index (κ1) is 9.51. The lowest BCUT2D eigenvalue weighted by Crippen LogP contribution is -2.02. The second-order valence-corrected chi connectivity index (χ2v) is 2.79. The smallest absolute Gasteiger partial charge is 0.230 e. The van der Waals surface area contributed by atoms with Crippen LogP contribution in [0.4, 0.5) is 5.95 Å². The maximum atomic E-state index is 5.05. The van der Waals surface area contributed by atoms with E-state index >= 15 is 0 Å². The molecule has 4 nitrogen and oxygen atoms in total. The van der Waals surface area contributed by atoms with Crippen LogP contribution < -0.4 is 10.1 Å². The first-order valence-corrected chi connectivity index (χ1v) is 3.93. The first-order valence-electron chi connectivity index (χ1n) is 3.93. The van der Waals surface area contributed by atoms with Gasteiger partial charge in [0.25, 0.3) is 0 Å². The van der Waals surface area contributed by atoms with Crippen molar-refractivity contribution in [1.82, 2.24) is 9.97 Å². The molecule has 0 atom stereocenters. The second-order valence-electron chi connectivity index (χ2n) is 2.79. The number of rotatable bonds is 3. The lowest BCUT2D eigenvalue weighted by Gasteiger charge is -2.06. The Balaban J connectivity index is 2.92. The molecule has 0 unspecified atom stereocenters. The van der Waals surface area contributed by atoms with Gasteiger partial charge in [0.1, 0.15) is 0 Å². The number of hydrogen-bond acceptors (Lipinski definition) is 4. The van der Waals surface area contributed by atoms with E-state index in [4.69, 9.17) is 4.74 Å². The third kappa shape index (κ3) is 2.43. The van der Waals surface area contributed by atoms with Crippen LogP contribution in [-0.2, 0) is 0 Å². The van der Waals surface area contributed by atoms with Crippen molar-refractivity contribution in [2.75, 3.05) is 12.4 Å². The van der Waals surface area contributed by atoms with Crippen molar-refractivity contribution in [1.29, 1.82) is 0 Å². The fourth-order valence-electron chi connectivity index (χ4n) is 0.884. The molecule has 13 heavy (non-hydrogen) atoms. The summed E-state index contributed by atoms with van der Waals surface area (Å²) in [4.78, 5) is 8.19. The van der Waals surface area contributed by atoms with Gasteiger partial charge in [0.05, 0.1) is 7.11 Å². The molecule has 0 aliphatic heterocycles. The van der Waals surface area contributed by atoms with Gasteiger partial charge in [0.2, 0.25) is 11.8 Å². The highest BCUT2D eigenvalue weighted by molar-refractivity contribution is 5.36. The van der Waals surface area contributed by atoms with E-state index in [2.05, 4.69) is 21.9 Å². The van der Waals surface area contributed by atoms with Crippen molar-refractivity contribution in [2.24, 2.45) is 0 Å². The topological polar surface area (TPSA) is 47.0 Å². The summed E-state index contributed by atoms with van der Waals surface area (Å²) in [6.07, 6.45) is 1.71. The molecule has 1 aromatic heterocycles. The van der Waals surface area contributed by atoms with Crippen molar-refractivity contribution in [3.8, 4) is 5.88 Å². The number of hydrogen-bond donors (Lipinski definition) is 1. The molecule has 1 aromatic rings. The van der Waals surface area contributed by atoms with Crippen LogP contribution in [-0.4, -0.2) is 17.1 Å². The quantitative estimate of drug-likeness (QED) is 0.767. The third-order valence-electron chi connectivity index (χ3n) is 1.44. The highest BCUT2D eigenvalue weighted by Gasteiger charge is 2.02. The Bertz CT molecular complexity index is 323. The summed E-state index contributed by atoms with van der Waals surface area (Å²) in [6, 6.07) is 0. The number of allylic oxidation sites excluding steroid dienone is 1. The molecule has 1 rings (SSSR count). The van der Waals surface area contributed by atoms with Gasteiger partial charge in [-0.25, -0.2) is 4.98 Å². The van der Waals surface area contributed by atoms with Crippen LogP contribution in [0.3, 0.4) is 0 Å². The Labute approximate surface area is 77.7 Å². The normalized spacial score (nSPS) is 9.46. The predicted octanol–water partition coefficient (Wildman–Crippen LogP) is 1.74. The molecule has 0 fully saturated rings. The SMILES string of the molecule is C=C(C)Nc1ncc(C)c(OC)n1. The Kier molecular flexibility index (Phi) is 2.84. The maximum Gasteiger partial charge on any atom is 0.230 e. The number of aryl methyl sites for hydroxylation is 1. The van der Waals surface area contributed by atoms with Crippen molar-refractivity contribution in [3.63, 3.8) is 0 Å². The molecule has 0 saturated carbocycles. The van der Waals surface area contributed by atoms with Gasteiger partial charge in [-0.05, 0) is 13.8 Å². The van der Waals surface area contributed by atoms with Crippen LogP contribution in [0.25, 0.3) is 0 Å². The lowest BCUT2D eigenvalue weighted by atomic mass is 10.4. The van der Waals surface area contributed by atoms with E-state index in [9.17, 15) is 0 Å². The maximum absolute atomic E-state index is 5.05. The summed E-state index contributed by atoms with van der Waals surface area (Å²) in [7, 11) is 1.58. The second kappa shape index (κ2) is 3.89. The lowest BCUT2D eigenvalue weighted by molar-refractivity contribution is 0.394. The molecule has 4 heteroatoms. The van der Waals surface area contributed by atoms with Crippen LogP contribution in [0, 0.1) is 6.92 Å². The van der Waals surface area contributed by atoms with Gasteiger partial charge in [0.15, 0.2) is 0 Å². The molecule has 0 amide bonds. The Morgan fingerprint density at radius 3 is 2.85 bits per heavy atom. The van der Waals surface area contributed by atoms with Gasteiger partial charge < -0.3 is 10.1 Å². The van der Waals surface area contributed by atoms with Crippen molar-refractivity contribution >= 4 is 5.95 Å². The summed E-state index contributed by atoms with van der Waals surface area (Å²) in [5, 5.41) is 2.91. The molecule has 1 heterocycles. The molecule has 0 bridgehead atoms. The van der Waals surface area contributed by atoms with Crippen LogP contribution in [0.15, 0.2) is 18.5 Å². The first-order chi connectivity index (χ1) is 6.13. The van der Waals surface area contributed by atoms with Gasteiger partial charge in [-0.1, -0.05) is 6.58 Å². The van der Waals surface area contributed by atoms with E-state index < -0.39 is 0 Å². The van der Waals surface area contributed by atoms with E-state index in [1.807, 2.05) is 13.8 Å². The zero-order chi connectivity index (χ0) is 9.84. The summed E-state index contributed by atoms with van der Waals surface area (Å²) in [5.74, 6) is 1.09. The Hall–Kier alpha value is -1.58. The molecule has 0 aliphatic rings. The van der Waals surface area contributed by atoms with Gasteiger partial charge >= 0.3 is 0 Å². The molecule has 0 spiro atoms. The molecule has 0 saturated heterocycles. The summed E-state index contributed by atoms with van der Waals surface area (Å²) >= 11 is 0. The van der Waals surface area contributed by atoms with Gasteiger partial charge in [0, 0.05) is 17.5 Å². The fraction of sp³-hybridized carbons (Fsp3) is 0.333. The monoisotopic (exact) mass is 179 g/mol. The zero-order valence-corrected chi connectivity index (χ0v) is 8.09. The van der Waals surface area contributed by atoms with Crippen molar-refractivity contribution in [3.05, 3.63) is 24.0 Å². The molecule has 0 radical (unpaired) electrons. The largest absolute Gasteiger partial charge is 0.481 e. The van der Waals surface area contributed by atoms with Crippen LogP contribution >= 0.6 is 0 Å². The average molecular weight is 179 g/mol. The molecule has 0 aliphatic carbocycles. The Morgan fingerprint density at radius 2 is 2.31 bits per heavy atom. The summed E-state index contributed by atoms with van der Waals surface area (Å²) in [6.45, 7) is 7.43. The highest BCUT2D eigenvalue weighted by atomic mass is 16.5. The Morgan fingerprint density at radius 1 is 1.62 bits per heavy atom. The van der Waals surface area contributed by atoms with E-state index in [-0.39, 0.29) is 0 Å². The standard InChI is InChI=1S/C9H13N3O/c1-6(2)11-9-10-5-7(3)8(12-9)13-4/h5H,1H2,2-4H3,(H,10,11,12). The highest BCUT2D eigenvalue weighted by Crippen LogP contribution is 2.14. The van der Waals surface area contributed by atoms with E-state index in [1.165, 1.54) is 0 Å². The number of ether oxygens (including phenoxy) is 1. The average Bonchev–Trinajstić information content (AvgIpc) is 2.07. The molecule has 70 valence electrons. The van der Waals surface area contributed by atoms with E-state index in [0.29, 0.717) is 11.8 Å². The van der Waals surface area contributed by atoms with Crippen molar-refractivity contribution in [2.45, 2.75) is 13.8 Å². The molecule has 0 aromatic carbocycles. The number of methoxy groups -OCH3 is 1. The third-order valence-corrected chi connectivity index (χ3v) is 1.44. The molecular formula is C9H13N3O. The number of nitrogens with zero attached hydrogens (tertiary/aromatic N) is 2. The minimum atomic E-state index is 0.509.